The van der Waals surface area contributed by atoms with Crippen LogP contribution in [0, 0.1) is 23.7 Å². The number of rotatable bonds is 8. The minimum absolute atomic E-state index is 0.161. The van der Waals surface area contributed by atoms with Crippen molar-refractivity contribution < 1.29 is 14.3 Å². The van der Waals surface area contributed by atoms with Crippen molar-refractivity contribution >= 4 is 52.9 Å². The number of allylic oxidation sites excluding steroid dienone is 2. The van der Waals surface area contributed by atoms with Gasteiger partial charge in [0.25, 0.3) is 0 Å². The van der Waals surface area contributed by atoms with Gasteiger partial charge in [0.05, 0.1) is 0 Å². The lowest BCUT2D eigenvalue weighted by Gasteiger charge is -2.39. The van der Waals surface area contributed by atoms with Crippen LogP contribution in [0.25, 0.3) is 0 Å². The van der Waals surface area contributed by atoms with E-state index < -0.39 is 16.3 Å². The van der Waals surface area contributed by atoms with Crippen LogP contribution >= 0.6 is 46.7 Å². The number of hydrogen-bond donors (Lipinski definition) is 0. The Kier molecular flexibility index (Phi) is 9.35. The molecule has 0 N–H and O–H groups in total. The Morgan fingerprint density at radius 1 is 0.933 bits per heavy atom. The third-order valence-electron chi connectivity index (χ3n) is 6.01. The van der Waals surface area contributed by atoms with Crippen molar-refractivity contribution in [2.45, 2.75) is 50.7 Å². The molecule has 6 unspecified atom stereocenters. The summed E-state index contributed by atoms with van der Waals surface area (Å²) in [6, 6.07) is 0. The second-order valence-electron chi connectivity index (χ2n) is 7.89. The van der Waals surface area contributed by atoms with Gasteiger partial charge in [-0.1, -0.05) is 75.9 Å². The second kappa shape index (κ2) is 10.9. The van der Waals surface area contributed by atoms with Crippen molar-refractivity contribution in [3.63, 3.8) is 0 Å². The SMILES string of the molecule is CCC(C)C1C=C(SC)C=CC1(Cl)OC(=O)OC1(Cl)C=CC(SC)=CC1C(C)CC. The van der Waals surface area contributed by atoms with Crippen molar-refractivity contribution in [1.82, 2.24) is 0 Å². The van der Waals surface area contributed by atoms with Crippen molar-refractivity contribution in [1.29, 1.82) is 0 Å². The molecule has 0 spiro atoms. The van der Waals surface area contributed by atoms with E-state index in [9.17, 15) is 4.79 Å². The highest BCUT2D eigenvalue weighted by Crippen LogP contribution is 2.45. The summed E-state index contributed by atoms with van der Waals surface area (Å²) >= 11 is 16.9. The molecule has 168 valence electrons. The number of halogens is 2. The van der Waals surface area contributed by atoms with Crippen molar-refractivity contribution in [2.75, 3.05) is 12.5 Å². The van der Waals surface area contributed by atoms with Crippen LogP contribution in [0.15, 0.2) is 46.3 Å². The number of alkyl halides is 2. The van der Waals surface area contributed by atoms with E-state index in [1.54, 1.807) is 35.7 Å². The normalized spacial score (nSPS) is 32.8. The van der Waals surface area contributed by atoms with Crippen LogP contribution in [0.1, 0.15) is 40.5 Å². The van der Waals surface area contributed by atoms with Gasteiger partial charge in [-0.3, -0.25) is 0 Å². The minimum Gasteiger partial charge on any atom is -0.407 e. The molecule has 0 aromatic carbocycles. The minimum atomic E-state index is -1.30. The van der Waals surface area contributed by atoms with E-state index >= 15 is 0 Å². The molecule has 2 rings (SSSR count). The molecule has 3 nitrogen and oxygen atoms in total. The zero-order valence-corrected chi connectivity index (χ0v) is 21.6. The van der Waals surface area contributed by atoms with Crippen LogP contribution < -0.4 is 0 Å². The fourth-order valence-corrected chi connectivity index (χ4v) is 5.45. The molecule has 6 atom stereocenters. The van der Waals surface area contributed by atoms with Crippen LogP contribution in [0.5, 0.6) is 0 Å². The molecule has 0 fully saturated rings. The Hall–Kier alpha value is -0.490. The summed E-state index contributed by atoms with van der Waals surface area (Å²) in [6.45, 7) is 8.39. The van der Waals surface area contributed by atoms with Crippen LogP contribution in [0.4, 0.5) is 4.79 Å². The average molecular weight is 492 g/mol. The summed E-state index contributed by atoms with van der Waals surface area (Å²) in [5.74, 6) is 0.125. The largest absolute Gasteiger partial charge is 0.512 e. The summed E-state index contributed by atoms with van der Waals surface area (Å²) in [4.78, 5) is 15.1. The third kappa shape index (κ3) is 5.85. The van der Waals surface area contributed by atoms with Gasteiger partial charge < -0.3 is 9.47 Å². The number of carbonyl (C=O) groups excluding carboxylic acids is 1. The first kappa shape index (κ1) is 25.8. The van der Waals surface area contributed by atoms with E-state index in [2.05, 4.69) is 39.8 Å². The van der Waals surface area contributed by atoms with Gasteiger partial charge in [-0.15, -0.1) is 23.5 Å². The summed E-state index contributed by atoms with van der Waals surface area (Å²) in [6.07, 6.45) is 16.4. The van der Waals surface area contributed by atoms with E-state index in [-0.39, 0.29) is 23.7 Å². The van der Waals surface area contributed by atoms with Gasteiger partial charge in [0, 0.05) is 21.6 Å². The van der Waals surface area contributed by atoms with E-state index in [0.717, 1.165) is 22.7 Å². The first-order chi connectivity index (χ1) is 14.1. The number of hydrogen-bond acceptors (Lipinski definition) is 5. The average Bonchev–Trinajstić information content (AvgIpc) is 2.72. The topological polar surface area (TPSA) is 35.5 Å². The molecule has 30 heavy (non-hydrogen) atoms. The highest BCUT2D eigenvalue weighted by atomic mass is 35.5. The predicted octanol–water partition coefficient (Wildman–Crippen LogP) is 7.97. The van der Waals surface area contributed by atoms with Gasteiger partial charge in [-0.2, -0.15) is 0 Å². The Morgan fingerprint density at radius 3 is 1.60 bits per heavy atom. The predicted molar refractivity (Wildman–Crippen MR) is 132 cm³/mol. The molecule has 0 aromatic rings. The highest BCUT2D eigenvalue weighted by molar-refractivity contribution is 8.02. The molecule has 0 aromatic heterocycles. The smallest absolute Gasteiger partial charge is 0.407 e. The first-order valence-electron chi connectivity index (χ1n) is 10.3. The quantitative estimate of drug-likeness (QED) is 0.254. The van der Waals surface area contributed by atoms with Gasteiger partial charge >= 0.3 is 6.16 Å². The fraction of sp³-hybridized carbons (Fsp3) is 0.609. The van der Waals surface area contributed by atoms with Crippen molar-refractivity contribution in [2.24, 2.45) is 23.7 Å². The fourth-order valence-electron chi connectivity index (χ4n) is 3.67. The molecule has 0 amide bonds. The van der Waals surface area contributed by atoms with Gasteiger partial charge in [0.2, 0.25) is 10.1 Å². The maximum absolute atomic E-state index is 12.9. The molecule has 7 heteroatoms. The van der Waals surface area contributed by atoms with E-state index in [0.29, 0.717) is 0 Å². The van der Waals surface area contributed by atoms with Crippen LogP contribution in [0.3, 0.4) is 0 Å². The van der Waals surface area contributed by atoms with Gasteiger partial charge in [-0.25, -0.2) is 4.79 Å². The molecular weight excluding hydrogens is 459 g/mol. The lowest BCUT2D eigenvalue weighted by molar-refractivity contribution is -0.0347. The molecule has 0 aliphatic heterocycles. The zero-order valence-electron chi connectivity index (χ0n) is 18.5. The Morgan fingerprint density at radius 2 is 1.30 bits per heavy atom. The lowest BCUT2D eigenvalue weighted by atomic mass is 9.83. The second-order valence-corrected chi connectivity index (χ2v) is 10.8. The van der Waals surface area contributed by atoms with Gasteiger partial charge in [-0.05, 0) is 48.7 Å². The molecule has 0 bridgehead atoms. The Balaban J connectivity index is 2.22. The molecule has 0 saturated carbocycles. The van der Waals surface area contributed by atoms with E-state index in [4.69, 9.17) is 32.7 Å². The maximum Gasteiger partial charge on any atom is 0.512 e. The highest BCUT2D eigenvalue weighted by Gasteiger charge is 2.46. The van der Waals surface area contributed by atoms with Crippen LogP contribution in [-0.4, -0.2) is 28.8 Å². The monoisotopic (exact) mass is 490 g/mol. The van der Waals surface area contributed by atoms with Crippen molar-refractivity contribution in [3.8, 4) is 0 Å². The summed E-state index contributed by atoms with van der Waals surface area (Å²) in [5, 5.41) is -2.60. The zero-order chi connectivity index (χ0) is 22.5. The van der Waals surface area contributed by atoms with Crippen LogP contribution in [-0.2, 0) is 9.47 Å². The summed E-state index contributed by atoms with van der Waals surface area (Å²) in [7, 11) is 0. The first-order valence-corrected chi connectivity index (χ1v) is 13.5. The Bertz CT molecular complexity index is 689. The van der Waals surface area contributed by atoms with E-state index in [1.807, 2.05) is 24.7 Å². The molecule has 2 aliphatic rings. The lowest BCUT2D eigenvalue weighted by Crippen LogP contribution is -2.44. The van der Waals surface area contributed by atoms with E-state index in [1.165, 1.54) is 0 Å². The molecular formula is C23H32Cl2O3S2. The van der Waals surface area contributed by atoms with Gasteiger partial charge in [0.1, 0.15) is 0 Å². The molecule has 0 heterocycles. The van der Waals surface area contributed by atoms with Crippen LogP contribution in [0.2, 0.25) is 0 Å². The maximum atomic E-state index is 12.9. The number of carbonyl (C=O) groups is 1. The summed E-state index contributed by atoms with van der Waals surface area (Å²) < 4.78 is 11.4. The Labute approximate surface area is 199 Å². The number of ether oxygens (including phenoxy) is 2. The summed E-state index contributed by atoms with van der Waals surface area (Å²) in [5.41, 5.74) is 0. The molecule has 2 aliphatic carbocycles. The standard InChI is InChI=1S/C23H32Cl2O3S2/c1-7-15(3)19-13-17(29-5)9-11-22(19,24)27-21(26)28-23(25)12-10-18(30-6)14-20(23)16(4)8-2/h9-16,19-20H,7-8H2,1-6H3. The number of thioether (sulfide) groups is 2. The molecule has 0 saturated heterocycles. The van der Waals surface area contributed by atoms with Gasteiger partial charge in [0.15, 0.2) is 0 Å². The van der Waals surface area contributed by atoms with Crippen molar-refractivity contribution in [3.05, 3.63) is 46.3 Å². The third-order valence-corrected chi connectivity index (χ3v) is 8.41. The molecule has 0 radical (unpaired) electrons.